The molecule has 0 radical (unpaired) electrons. The van der Waals surface area contributed by atoms with Crippen molar-refractivity contribution in [3.05, 3.63) is 64.2 Å². The molecule has 0 saturated heterocycles. The highest BCUT2D eigenvalue weighted by atomic mass is 35.5. The SMILES string of the molecule is O=C(NCc1cccc(C(F)(F)F)c1)c1cc(Cl)ccc1O. The quantitative estimate of drug-likeness (QED) is 0.894. The summed E-state index contributed by atoms with van der Waals surface area (Å²) in [7, 11) is 0. The van der Waals surface area contributed by atoms with Crippen molar-refractivity contribution in [2.24, 2.45) is 0 Å². The average molecular weight is 330 g/mol. The van der Waals surface area contributed by atoms with Crippen molar-refractivity contribution in [2.75, 3.05) is 0 Å². The Morgan fingerprint density at radius 1 is 1.18 bits per heavy atom. The number of phenolic OH excluding ortho intramolecular Hbond substituents is 1. The topological polar surface area (TPSA) is 49.3 Å². The molecular formula is C15H11ClF3NO2. The van der Waals surface area contributed by atoms with Gasteiger partial charge in [0.15, 0.2) is 0 Å². The van der Waals surface area contributed by atoms with Crippen molar-refractivity contribution in [1.29, 1.82) is 0 Å². The van der Waals surface area contributed by atoms with Gasteiger partial charge in [-0.1, -0.05) is 23.7 Å². The predicted molar refractivity (Wildman–Crippen MR) is 75.7 cm³/mol. The molecule has 0 aliphatic rings. The fraction of sp³-hybridized carbons (Fsp3) is 0.133. The molecule has 2 aromatic carbocycles. The number of rotatable bonds is 3. The third-order valence-electron chi connectivity index (χ3n) is 2.91. The van der Waals surface area contributed by atoms with Crippen LogP contribution in [0, 0.1) is 0 Å². The fourth-order valence-electron chi connectivity index (χ4n) is 1.83. The summed E-state index contributed by atoms with van der Waals surface area (Å²) < 4.78 is 37.8. The smallest absolute Gasteiger partial charge is 0.416 e. The number of aromatic hydroxyl groups is 1. The zero-order chi connectivity index (χ0) is 16.3. The molecule has 2 rings (SSSR count). The van der Waals surface area contributed by atoms with Crippen molar-refractivity contribution in [2.45, 2.75) is 12.7 Å². The van der Waals surface area contributed by atoms with E-state index in [2.05, 4.69) is 5.32 Å². The van der Waals surface area contributed by atoms with E-state index < -0.39 is 17.6 Å². The summed E-state index contributed by atoms with van der Waals surface area (Å²) >= 11 is 5.73. The van der Waals surface area contributed by atoms with Gasteiger partial charge in [-0.15, -0.1) is 0 Å². The Bertz CT molecular complexity index is 701. The summed E-state index contributed by atoms with van der Waals surface area (Å²) in [6.07, 6.45) is -4.44. The van der Waals surface area contributed by atoms with Crippen LogP contribution in [0.15, 0.2) is 42.5 Å². The minimum absolute atomic E-state index is 0.0422. The molecule has 0 aliphatic carbocycles. The Morgan fingerprint density at radius 3 is 2.59 bits per heavy atom. The van der Waals surface area contributed by atoms with Crippen LogP contribution in [0.25, 0.3) is 0 Å². The van der Waals surface area contributed by atoms with Crippen molar-refractivity contribution in [1.82, 2.24) is 5.32 Å². The third-order valence-corrected chi connectivity index (χ3v) is 3.15. The lowest BCUT2D eigenvalue weighted by Gasteiger charge is -2.10. The van der Waals surface area contributed by atoms with E-state index >= 15 is 0 Å². The monoisotopic (exact) mass is 329 g/mol. The Balaban J connectivity index is 2.10. The first-order valence-corrected chi connectivity index (χ1v) is 6.58. The lowest BCUT2D eigenvalue weighted by atomic mass is 10.1. The molecule has 2 aromatic rings. The summed E-state index contributed by atoms with van der Waals surface area (Å²) in [5.74, 6) is -0.886. The fourth-order valence-corrected chi connectivity index (χ4v) is 2.00. The average Bonchev–Trinajstić information content (AvgIpc) is 2.47. The van der Waals surface area contributed by atoms with Crippen LogP contribution in [0.2, 0.25) is 5.02 Å². The number of halogens is 4. The van der Waals surface area contributed by atoms with Gasteiger partial charge in [-0.25, -0.2) is 0 Å². The van der Waals surface area contributed by atoms with Gasteiger partial charge < -0.3 is 10.4 Å². The van der Waals surface area contributed by atoms with E-state index in [0.717, 1.165) is 12.1 Å². The van der Waals surface area contributed by atoms with E-state index in [1.54, 1.807) is 0 Å². The van der Waals surface area contributed by atoms with E-state index in [1.807, 2.05) is 0 Å². The Morgan fingerprint density at radius 2 is 1.91 bits per heavy atom. The number of hydrogen-bond donors (Lipinski definition) is 2. The predicted octanol–water partition coefficient (Wildman–Crippen LogP) is 3.99. The number of nitrogens with one attached hydrogen (secondary N) is 1. The summed E-state index contributed by atoms with van der Waals surface area (Å²) in [6.45, 7) is -0.102. The Kier molecular flexibility index (Phi) is 4.61. The largest absolute Gasteiger partial charge is 0.507 e. The first-order chi connectivity index (χ1) is 10.3. The van der Waals surface area contributed by atoms with Gasteiger partial charge >= 0.3 is 6.18 Å². The summed E-state index contributed by atoms with van der Waals surface area (Å²) in [5.41, 5.74) is -0.533. The molecular weight excluding hydrogens is 319 g/mol. The van der Waals surface area contributed by atoms with Crippen LogP contribution in [0.5, 0.6) is 5.75 Å². The maximum absolute atomic E-state index is 12.6. The molecule has 0 fully saturated rings. The van der Waals surface area contributed by atoms with Crippen molar-refractivity contribution in [3.8, 4) is 5.75 Å². The second-order valence-electron chi connectivity index (χ2n) is 4.54. The molecule has 0 saturated carbocycles. The third kappa shape index (κ3) is 3.92. The summed E-state index contributed by atoms with van der Waals surface area (Å²) in [6, 6.07) is 8.60. The van der Waals surface area contributed by atoms with E-state index in [9.17, 15) is 23.1 Å². The maximum Gasteiger partial charge on any atom is 0.416 e. The van der Waals surface area contributed by atoms with Crippen LogP contribution in [-0.4, -0.2) is 11.0 Å². The second kappa shape index (κ2) is 6.27. The zero-order valence-corrected chi connectivity index (χ0v) is 11.9. The van der Waals surface area contributed by atoms with Crippen LogP contribution in [0.3, 0.4) is 0 Å². The molecule has 0 spiro atoms. The van der Waals surface area contributed by atoms with Gasteiger partial charge in [-0.05, 0) is 35.9 Å². The first kappa shape index (κ1) is 16.2. The van der Waals surface area contributed by atoms with Gasteiger partial charge in [0.2, 0.25) is 0 Å². The van der Waals surface area contributed by atoms with E-state index in [0.29, 0.717) is 5.56 Å². The molecule has 0 unspecified atom stereocenters. The molecule has 2 N–H and O–H groups in total. The first-order valence-electron chi connectivity index (χ1n) is 6.20. The van der Waals surface area contributed by atoms with Crippen LogP contribution in [-0.2, 0) is 12.7 Å². The highest BCUT2D eigenvalue weighted by Gasteiger charge is 2.30. The molecule has 7 heteroatoms. The number of phenols is 1. The molecule has 0 atom stereocenters. The van der Waals surface area contributed by atoms with Crippen molar-refractivity contribution in [3.63, 3.8) is 0 Å². The number of hydrogen-bond acceptors (Lipinski definition) is 2. The maximum atomic E-state index is 12.6. The minimum atomic E-state index is -4.44. The Labute approximate surface area is 129 Å². The highest BCUT2D eigenvalue weighted by Crippen LogP contribution is 2.29. The van der Waals surface area contributed by atoms with Gasteiger partial charge in [0.1, 0.15) is 5.75 Å². The standard InChI is InChI=1S/C15H11ClF3NO2/c16-11-4-5-13(21)12(7-11)14(22)20-8-9-2-1-3-10(6-9)15(17,18)19/h1-7,21H,8H2,(H,20,22). The van der Waals surface area contributed by atoms with Crippen LogP contribution in [0.1, 0.15) is 21.5 Å². The van der Waals surface area contributed by atoms with Crippen molar-refractivity contribution >= 4 is 17.5 Å². The number of carbonyl (C=O) groups is 1. The van der Waals surface area contributed by atoms with Crippen LogP contribution >= 0.6 is 11.6 Å². The van der Waals surface area contributed by atoms with Gasteiger partial charge in [0.25, 0.3) is 5.91 Å². The summed E-state index contributed by atoms with van der Waals surface area (Å²) in [4.78, 5) is 11.9. The lowest BCUT2D eigenvalue weighted by Crippen LogP contribution is -2.23. The van der Waals surface area contributed by atoms with Crippen molar-refractivity contribution < 1.29 is 23.1 Å². The normalized spacial score (nSPS) is 11.3. The molecule has 1 amide bonds. The van der Waals surface area contributed by atoms with E-state index in [1.165, 1.54) is 30.3 Å². The number of carbonyl (C=O) groups excluding carboxylic acids is 1. The lowest BCUT2D eigenvalue weighted by molar-refractivity contribution is -0.137. The molecule has 0 aliphatic heterocycles. The molecule has 0 aromatic heterocycles. The minimum Gasteiger partial charge on any atom is -0.507 e. The zero-order valence-electron chi connectivity index (χ0n) is 11.1. The number of amides is 1. The highest BCUT2D eigenvalue weighted by molar-refractivity contribution is 6.31. The number of alkyl halides is 3. The van der Waals surface area contributed by atoms with Gasteiger partial charge in [-0.2, -0.15) is 13.2 Å². The molecule has 0 bridgehead atoms. The molecule has 3 nitrogen and oxygen atoms in total. The van der Waals surface area contributed by atoms with Gasteiger partial charge in [-0.3, -0.25) is 4.79 Å². The van der Waals surface area contributed by atoms with Crippen LogP contribution < -0.4 is 5.32 Å². The molecule has 0 heterocycles. The molecule has 22 heavy (non-hydrogen) atoms. The van der Waals surface area contributed by atoms with Gasteiger partial charge in [0, 0.05) is 11.6 Å². The van der Waals surface area contributed by atoms with Crippen LogP contribution in [0.4, 0.5) is 13.2 Å². The van der Waals surface area contributed by atoms with E-state index in [-0.39, 0.29) is 22.9 Å². The van der Waals surface area contributed by atoms with Gasteiger partial charge in [0.05, 0.1) is 11.1 Å². The summed E-state index contributed by atoms with van der Waals surface area (Å²) in [5, 5.41) is 12.3. The number of benzene rings is 2. The Hall–Kier alpha value is -2.21. The second-order valence-corrected chi connectivity index (χ2v) is 4.98. The molecule has 116 valence electrons. The van der Waals surface area contributed by atoms with E-state index in [4.69, 9.17) is 11.6 Å².